The molecule has 2 heterocycles. The van der Waals surface area contributed by atoms with Gasteiger partial charge in [-0.1, -0.05) is 25.1 Å². The molecule has 4 heteroatoms. The molecule has 1 aromatic carbocycles. The highest BCUT2D eigenvalue weighted by atomic mass is 16.1. The average Bonchev–Trinajstić information content (AvgIpc) is 2.63. The van der Waals surface area contributed by atoms with Gasteiger partial charge in [0, 0.05) is 30.2 Å². The summed E-state index contributed by atoms with van der Waals surface area (Å²) in [5.74, 6) is -0.156. The highest BCUT2D eigenvalue weighted by Crippen LogP contribution is 2.26. The van der Waals surface area contributed by atoms with Crippen molar-refractivity contribution in [2.75, 3.05) is 16.8 Å². The van der Waals surface area contributed by atoms with Gasteiger partial charge in [0.2, 0.25) is 0 Å². The van der Waals surface area contributed by atoms with Gasteiger partial charge in [0.15, 0.2) is 0 Å². The summed E-state index contributed by atoms with van der Waals surface area (Å²) in [6.45, 7) is 5.27. The summed E-state index contributed by atoms with van der Waals surface area (Å²) in [5, 5.41) is 2.96. The Balaban J connectivity index is 1.79. The van der Waals surface area contributed by atoms with Crippen molar-refractivity contribution in [3.63, 3.8) is 0 Å². The fraction of sp³-hybridized carbons (Fsp3) is 0.400. The predicted octanol–water partition coefficient (Wildman–Crippen LogP) is 4.41. The van der Waals surface area contributed by atoms with Crippen LogP contribution in [0.2, 0.25) is 0 Å². The Morgan fingerprint density at radius 3 is 2.92 bits per heavy atom. The average molecular weight is 323 g/mol. The number of nitrogens with zero attached hydrogens (tertiary/aromatic N) is 2. The Hall–Kier alpha value is -2.36. The second kappa shape index (κ2) is 7.47. The number of benzene rings is 1. The molecule has 3 rings (SSSR count). The van der Waals surface area contributed by atoms with Gasteiger partial charge in [-0.25, -0.2) is 0 Å². The lowest BCUT2D eigenvalue weighted by atomic mass is 9.99. The lowest BCUT2D eigenvalue weighted by Gasteiger charge is -2.37. The monoisotopic (exact) mass is 323 g/mol. The summed E-state index contributed by atoms with van der Waals surface area (Å²) in [5.41, 5.74) is 3.45. The number of pyridine rings is 1. The van der Waals surface area contributed by atoms with Crippen LogP contribution in [0.15, 0.2) is 42.6 Å². The van der Waals surface area contributed by atoms with Crippen molar-refractivity contribution < 1.29 is 4.79 Å². The van der Waals surface area contributed by atoms with Crippen LogP contribution in [-0.4, -0.2) is 23.5 Å². The number of aryl methyl sites for hydroxylation is 1. The molecule has 2 aromatic rings. The molecule has 1 aliphatic rings. The van der Waals surface area contributed by atoms with Crippen molar-refractivity contribution in [2.24, 2.45) is 0 Å². The van der Waals surface area contributed by atoms with Crippen LogP contribution >= 0.6 is 0 Å². The smallest absolute Gasteiger partial charge is 0.274 e. The molecule has 1 unspecified atom stereocenters. The SMILES string of the molecule is CCC1CCCCN1c1ccnc(C(=O)Nc2ccccc2C)c1. The van der Waals surface area contributed by atoms with Crippen LogP contribution in [0.4, 0.5) is 11.4 Å². The first-order valence-corrected chi connectivity index (χ1v) is 8.78. The highest BCUT2D eigenvalue weighted by molar-refractivity contribution is 6.03. The number of nitrogens with one attached hydrogen (secondary N) is 1. The quantitative estimate of drug-likeness (QED) is 0.906. The summed E-state index contributed by atoms with van der Waals surface area (Å²) in [6.07, 6.45) is 6.60. The number of anilines is 2. The maximum atomic E-state index is 12.6. The Kier molecular flexibility index (Phi) is 5.14. The molecule has 0 bridgehead atoms. The summed E-state index contributed by atoms with van der Waals surface area (Å²) in [4.78, 5) is 19.3. The minimum Gasteiger partial charge on any atom is -0.368 e. The summed E-state index contributed by atoms with van der Waals surface area (Å²) in [7, 11) is 0. The molecular formula is C20H25N3O. The minimum atomic E-state index is -0.156. The van der Waals surface area contributed by atoms with E-state index in [1.807, 2.05) is 43.3 Å². The lowest BCUT2D eigenvalue weighted by molar-refractivity contribution is 0.102. The fourth-order valence-electron chi connectivity index (χ4n) is 3.39. The number of hydrogen-bond acceptors (Lipinski definition) is 3. The second-order valence-corrected chi connectivity index (χ2v) is 6.42. The van der Waals surface area contributed by atoms with E-state index in [2.05, 4.69) is 22.1 Å². The van der Waals surface area contributed by atoms with E-state index in [9.17, 15) is 4.79 Å². The number of hydrogen-bond donors (Lipinski definition) is 1. The summed E-state index contributed by atoms with van der Waals surface area (Å²) >= 11 is 0. The van der Waals surface area contributed by atoms with Crippen molar-refractivity contribution >= 4 is 17.3 Å². The Morgan fingerprint density at radius 1 is 1.29 bits per heavy atom. The molecule has 1 amide bonds. The molecule has 1 fully saturated rings. The van der Waals surface area contributed by atoms with Crippen molar-refractivity contribution in [3.8, 4) is 0 Å². The van der Waals surface area contributed by atoms with E-state index in [0.29, 0.717) is 11.7 Å². The molecule has 1 aromatic heterocycles. The number of aromatic nitrogens is 1. The predicted molar refractivity (Wildman–Crippen MR) is 98.6 cm³/mol. The van der Waals surface area contributed by atoms with Crippen molar-refractivity contribution in [1.29, 1.82) is 0 Å². The molecule has 1 atom stereocenters. The summed E-state index contributed by atoms with van der Waals surface area (Å²) < 4.78 is 0. The van der Waals surface area contributed by atoms with E-state index in [1.165, 1.54) is 19.3 Å². The van der Waals surface area contributed by atoms with Crippen LogP contribution < -0.4 is 10.2 Å². The van der Waals surface area contributed by atoms with Gasteiger partial charge in [0.05, 0.1) is 0 Å². The van der Waals surface area contributed by atoms with E-state index in [1.54, 1.807) is 6.20 Å². The zero-order valence-corrected chi connectivity index (χ0v) is 14.5. The molecule has 0 aliphatic carbocycles. The van der Waals surface area contributed by atoms with Crippen molar-refractivity contribution in [3.05, 3.63) is 53.9 Å². The number of piperidine rings is 1. The van der Waals surface area contributed by atoms with E-state index in [-0.39, 0.29) is 5.91 Å². The Bertz CT molecular complexity index is 714. The Morgan fingerprint density at radius 2 is 2.12 bits per heavy atom. The number of para-hydroxylation sites is 1. The largest absolute Gasteiger partial charge is 0.368 e. The van der Waals surface area contributed by atoms with Crippen LogP contribution in [0.5, 0.6) is 0 Å². The van der Waals surface area contributed by atoms with Crippen LogP contribution in [-0.2, 0) is 0 Å². The Labute approximate surface area is 143 Å². The van der Waals surface area contributed by atoms with Gasteiger partial charge in [0.25, 0.3) is 5.91 Å². The van der Waals surface area contributed by atoms with Crippen molar-refractivity contribution in [1.82, 2.24) is 4.98 Å². The first-order chi connectivity index (χ1) is 11.7. The molecule has 1 saturated heterocycles. The number of carbonyl (C=O) groups excluding carboxylic acids is 1. The number of rotatable bonds is 4. The van der Waals surface area contributed by atoms with E-state index in [0.717, 1.165) is 29.9 Å². The fourth-order valence-corrected chi connectivity index (χ4v) is 3.39. The molecule has 0 spiro atoms. The molecule has 0 radical (unpaired) electrons. The van der Waals surface area contributed by atoms with Gasteiger partial charge in [-0.15, -0.1) is 0 Å². The third-order valence-corrected chi connectivity index (χ3v) is 4.80. The van der Waals surface area contributed by atoms with Gasteiger partial charge in [0.1, 0.15) is 5.69 Å². The van der Waals surface area contributed by atoms with Crippen LogP contribution in [0.1, 0.15) is 48.7 Å². The van der Waals surface area contributed by atoms with Gasteiger partial charge >= 0.3 is 0 Å². The second-order valence-electron chi connectivity index (χ2n) is 6.42. The molecule has 1 aliphatic heterocycles. The molecular weight excluding hydrogens is 298 g/mol. The highest BCUT2D eigenvalue weighted by Gasteiger charge is 2.22. The first kappa shape index (κ1) is 16.5. The summed E-state index contributed by atoms with van der Waals surface area (Å²) in [6, 6.07) is 12.3. The standard InChI is InChI=1S/C20H25N3O/c1-3-16-9-6-7-13-23(16)17-11-12-21-19(14-17)20(24)22-18-10-5-4-8-15(18)2/h4-5,8,10-12,14,16H,3,6-7,9,13H2,1-2H3,(H,22,24). The van der Waals surface area contributed by atoms with Crippen LogP contribution in [0.3, 0.4) is 0 Å². The van der Waals surface area contributed by atoms with E-state index < -0.39 is 0 Å². The third-order valence-electron chi connectivity index (χ3n) is 4.80. The zero-order chi connectivity index (χ0) is 16.9. The normalized spacial score (nSPS) is 17.6. The van der Waals surface area contributed by atoms with Crippen molar-refractivity contribution in [2.45, 2.75) is 45.6 Å². The third kappa shape index (κ3) is 3.58. The van der Waals surface area contributed by atoms with E-state index in [4.69, 9.17) is 0 Å². The lowest BCUT2D eigenvalue weighted by Crippen LogP contribution is -2.39. The maximum Gasteiger partial charge on any atom is 0.274 e. The minimum absolute atomic E-state index is 0.156. The van der Waals surface area contributed by atoms with Gasteiger partial charge in [-0.3, -0.25) is 9.78 Å². The molecule has 0 saturated carbocycles. The van der Waals surface area contributed by atoms with Crippen LogP contribution in [0, 0.1) is 6.92 Å². The first-order valence-electron chi connectivity index (χ1n) is 8.78. The van der Waals surface area contributed by atoms with Crippen LogP contribution in [0.25, 0.3) is 0 Å². The van der Waals surface area contributed by atoms with Gasteiger partial charge < -0.3 is 10.2 Å². The van der Waals surface area contributed by atoms with Gasteiger partial charge in [-0.05, 0) is 56.4 Å². The van der Waals surface area contributed by atoms with Gasteiger partial charge in [-0.2, -0.15) is 0 Å². The number of amides is 1. The molecule has 1 N–H and O–H groups in total. The molecule has 24 heavy (non-hydrogen) atoms. The number of carbonyl (C=O) groups is 1. The zero-order valence-electron chi connectivity index (χ0n) is 14.5. The molecule has 126 valence electrons. The molecule has 4 nitrogen and oxygen atoms in total. The topological polar surface area (TPSA) is 45.2 Å². The van der Waals surface area contributed by atoms with E-state index >= 15 is 0 Å². The maximum absolute atomic E-state index is 12.6.